The molecule has 156 valence electrons. The normalized spacial score (nSPS) is 27.3. The molecule has 1 fully saturated rings. The van der Waals surface area contributed by atoms with Gasteiger partial charge in [-0.25, -0.2) is 9.07 Å². The molecule has 2 aromatic rings. The van der Waals surface area contributed by atoms with Gasteiger partial charge < -0.3 is 10.2 Å². The Balaban J connectivity index is 1.72. The molecule has 2 aliphatic carbocycles. The van der Waals surface area contributed by atoms with Crippen molar-refractivity contribution in [1.82, 2.24) is 9.78 Å². The van der Waals surface area contributed by atoms with Gasteiger partial charge in [-0.3, -0.25) is 0 Å². The number of allylic oxidation sites excluding steroid dienone is 1. The number of fused-ring (bicyclic) bond motifs is 2. The van der Waals surface area contributed by atoms with Crippen LogP contribution in [-0.4, -0.2) is 38.9 Å². The molecule has 3 atom stereocenters. The highest BCUT2D eigenvalue weighted by atomic mass is 19.4. The van der Waals surface area contributed by atoms with E-state index in [0.717, 1.165) is 16.8 Å². The number of rotatable bonds is 4. The molecule has 0 amide bonds. The highest BCUT2D eigenvalue weighted by Gasteiger charge is 2.58. The number of hydrogen-bond acceptors (Lipinski definition) is 3. The standard InChI is InChI=1S/C21H22F4N2O2/c1-19-9-13-11-26-27(16-4-2-15(22)3-5-16)17(13)8-14(19)6-7-20(19,12-28)10-18(29)21(23,24)25/h2-5,8,11,18,28-29H,6-7,9-10,12H2,1H3. The highest BCUT2D eigenvalue weighted by molar-refractivity contribution is 5.62. The first-order valence-electron chi connectivity index (χ1n) is 9.49. The lowest BCUT2D eigenvalue weighted by atomic mass is 9.59. The van der Waals surface area contributed by atoms with Gasteiger partial charge in [-0.1, -0.05) is 12.5 Å². The summed E-state index contributed by atoms with van der Waals surface area (Å²) in [6.07, 6.45) is -2.83. The van der Waals surface area contributed by atoms with Gasteiger partial charge in [0.05, 0.1) is 17.6 Å². The maximum Gasteiger partial charge on any atom is 0.414 e. The molecule has 0 spiro atoms. The maximum absolute atomic E-state index is 13.2. The summed E-state index contributed by atoms with van der Waals surface area (Å²) >= 11 is 0. The Labute approximate surface area is 165 Å². The fraction of sp³-hybridized carbons (Fsp3) is 0.476. The Morgan fingerprint density at radius 2 is 1.93 bits per heavy atom. The van der Waals surface area contributed by atoms with E-state index in [1.807, 2.05) is 13.0 Å². The van der Waals surface area contributed by atoms with E-state index in [9.17, 15) is 27.8 Å². The van der Waals surface area contributed by atoms with Crippen molar-refractivity contribution >= 4 is 6.08 Å². The first kappa shape index (κ1) is 20.1. The van der Waals surface area contributed by atoms with Crippen molar-refractivity contribution in [3.8, 4) is 5.69 Å². The third kappa shape index (κ3) is 3.09. The summed E-state index contributed by atoms with van der Waals surface area (Å²) in [5, 5.41) is 24.2. The van der Waals surface area contributed by atoms with Crippen LogP contribution in [0.5, 0.6) is 0 Å². The molecule has 0 saturated heterocycles. The van der Waals surface area contributed by atoms with Crippen LogP contribution in [0.15, 0.2) is 36.0 Å². The zero-order valence-electron chi connectivity index (χ0n) is 15.9. The lowest BCUT2D eigenvalue weighted by Gasteiger charge is -2.46. The van der Waals surface area contributed by atoms with Gasteiger partial charge in [0.2, 0.25) is 0 Å². The highest BCUT2D eigenvalue weighted by Crippen LogP contribution is 2.62. The molecule has 0 radical (unpaired) electrons. The molecule has 2 N–H and O–H groups in total. The smallest absolute Gasteiger partial charge is 0.396 e. The Kier molecular flexibility index (Phi) is 4.62. The molecule has 4 nitrogen and oxygen atoms in total. The van der Waals surface area contributed by atoms with Crippen molar-refractivity contribution in [3.63, 3.8) is 0 Å². The van der Waals surface area contributed by atoms with Gasteiger partial charge in [-0.2, -0.15) is 18.3 Å². The number of halogens is 4. The van der Waals surface area contributed by atoms with Crippen LogP contribution in [0.2, 0.25) is 0 Å². The van der Waals surface area contributed by atoms with Crippen LogP contribution in [0.1, 0.15) is 37.4 Å². The van der Waals surface area contributed by atoms with Crippen LogP contribution in [0.4, 0.5) is 17.6 Å². The second-order valence-corrected chi connectivity index (χ2v) is 8.32. The quantitative estimate of drug-likeness (QED) is 0.748. The van der Waals surface area contributed by atoms with Crippen molar-refractivity contribution in [2.24, 2.45) is 10.8 Å². The van der Waals surface area contributed by atoms with E-state index in [1.54, 1.807) is 23.0 Å². The van der Waals surface area contributed by atoms with Crippen LogP contribution in [0.25, 0.3) is 11.8 Å². The minimum absolute atomic E-state index is 0.354. The first-order chi connectivity index (χ1) is 13.6. The number of aliphatic hydroxyl groups is 2. The molecule has 1 aromatic heterocycles. The average Bonchev–Trinajstić information content (AvgIpc) is 3.18. The van der Waals surface area contributed by atoms with E-state index in [1.165, 1.54) is 12.1 Å². The van der Waals surface area contributed by atoms with Crippen LogP contribution < -0.4 is 0 Å². The molecule has 1 aromatic carbocycles. The molecule has 1 heterocycles. The van der Waals surface area contributed by atoms with Crippen LogP contribution in [0.3, 0.4) is 0 Å². The summed E-state index contributed by atoms with van der Waals surface area (Å²) in [5.41, 5.74) is 1.52. The number of alkyl halides is 3. The molecular formula is C21H22F4N2O2. The average molecular weight is 410 g/mol. The molecule has 2 aliphatic rings. The molecule has 4 rings (SSSR count). The Morgan fingerprint density at radius 1 is 1.24 bits per heavy atom. The number of hydrogen-bond donors (Lipinski definition) is 2. The van der Waals surface area contributed by atoms with Gasteiger partial charge >= 0.3 is 6.18 Å². The zero-order valence-corrected chi connectivity index (χ0v) is 15.9. The maximum atomic E-state index is 13.2. The topological polar surface area (TPSA) is 58.3 Å². The molecule has 3 unspecified atom stereocenters. The monoisotopic (exact) mass is 410 g/mol. The number of nitrogens with zero attached hydrogens (tertiary/aromatic N) is 2. The minimum Gasteiger partial charge on any atom is -0.396 e. The molecule has 1 saturated carbocycles. The number of aliphatic hydroxyl groups excluding tert-OH is 2. The van der Waals surface area contributed by atoms with Crippen LogP contribution >= 0.6 is 0 Å². The fourth-order valence-corrected chi connectivity index (χ4v) is 4.95. The van der Waals surface area contributed by atoms with E-state index in [2.05, 4.69) is 5.10 Å². The molecular weight excluding hydrogens is 388 g/mol. The van der Waals surface area contributed by atoms with Crippen LogP contribution in [0, 0.1) is 16.6 Å². The van der Waals surface area contributed by atoms with Crippen molar-refractivity contribution in [2.75, 3.05) is 6.61 Å². The van der Waals surface area contributed by atoms with Gasteiger partial charge in [0.15, 0.2) is 6.10 Å². The Hall–Kier alpha value is -2.19. The molecule has 0 aliphatic heterocycles. The van der Waals surface area contributed by atoms with E-state index in [-0.39, 0.29) is 5.82 Å². The summed E-state index contributed by atoms with van der Waals surface area (Å²) in [5.74, 6) is -0.354. The summed E-state index contributed by atoms with van der Waals surface area (Å²) < 4.78 is 54.0. The SMILES string of the molecule is CC12Cc3cnn(-c4ccc(F)cc4)c3C=C1CCC2(CO)CC(O)C(F)(F)F. The summed E-state index contributed by atoms with van der Waals surface area (Å²) in [7, 11) is 0. The van der Waals surface area contributed by atoms with Crippen molar-refractivity contribution in [1.29, 1.82) is 0 Å². The predicted molar refractivity (Wildman–Crippen MR) is 98.7 cm³/mol. The summed E-state index contributed by atoms with van der Waals surface area (Å²) in [6.45, 7) is 1.43. The number of aromatic nitrogens is 2. The summed E-state index contributed by atoms with van der Waals surface area (Å²) in [4.78, 5) is 0. The van der Waals surface area contributed by atoms with Gasteiger partial charge in [0, 0.05) is 17.4 Å². The second kappa shape index (κ2) is 6.67. The van der Waals surface area contributed by atoms with Crippen LogP contribution in [-0.2, 0) is 6.42 Å². The molecule has 0 bridgehead atoms. The van der Waals surface area contributed by atoms with Crippen molar-refractivity contribution in [3.05, 3.63) is 53.1 Å². The third-order valence-electron chi connectivity index (χ3n) is 6.83. The van der Waals surface area contributed by atoms with Gasteiger partial charge in [0.1, 0.15) is 5.82 Å². The molecule has 8 heteroatoms. The lowest BCUT2D eigenvalue weighted by Crippen LogP contribution is -2.46. The van der Waals surface area contributed by atoms with Gasteiger partial charge in [0.25, 0.3) is 0 Å². The minimum atomic E-state index is -4.72. The largest absolute Gasteiger partial charge is 0.414 e. The van der Waals surface area contributed by atoms with E-state index >= 15 is 0 Å². The molecule has 29 heavy (non-hydrogen) atoms. The van der Waals surface area contributed by atoms with Crippen molar-refractivity contribution in [2.45, 2.75) is 44.9 Å². The Morgan fingerprint density at radius 3 is 2.55 bits per heavy atom. The van der Waals surface area contributed by atoms with E-state index in [4.69, 9.17) is 0 Å². The zero-order chi connectivity index (χ0) is 21.0. The summed E-state index contributed by atoms with van der Waals surface area (Å²) in [6, 6.07) is 5.91. The lowest BCUT2D eigenvalue weighted by molar-refractivity contribution is -0.218. The van der Waals surface area contributed by atoms with E-state index < -0.39 is 36.1 Å². The van der Waals surface area contributed by atoms with Gasteiger partial charge in [-0.15, -0.1) is 0 Å². The fourth-order valence-electron chi connectivity index (χ4n) is 4.95. The third-order valence-corrected chi connectivity index (χ3v) is 6.83. The number of benzene rings is 1. The van der Waals surface area contributed by atoms with E-state index in [0.29, 0.717) is 24.9 Å². The first-order valence-corrected chi connectivity index (χ1v) is 9.49. The Bertz CT molecular complexity index is 951. The second-order valence-electron chi connectivity index (χ2n) is 8.32. The van der Waals surface area contributed by atoms with Crippen molar-refractivity contribution < 1.29 is 27.8 Å². The van der Waals surface area contributed by atoms with Gasteiger partial charge in [-0.05, 0) is 61.6 Å². The predicted octanol–water partition coefficient (Wildman–Crippen LogP) is 4.04.